The van der Waals surface area contributed by atoms with Gasteiger partial charge in [0.2, 0.25) is 11.7 Å². The molecule has 2 aromatic heterocycles. The van der Waals surface area contributed by atoms with Gasteiger partial charge in [-0.25, -0.2) is 0 Å². The first-order chi connectivity index (χ1) is 16.9. The number of rotatable bonds is 7. The highest BCUT2D eigenvalue weighted by molar-refractivity contribution is 6.17. The number of para-hydroxylation sites is 1. The molecular formula is C29H25NO5. The summed E-state index contributed by atoms with van der Waals surface area (Å²) in [4.78, 5) is 26.5. The molecule has 0 aliphatic rings. The summed E-state index contributed by atoms with van der Waals surface area (Å²) in [5.74, 6) is 0.187. The summed E-state index contributed by atoms with van der Waals surface area (Å²) in [5, 5.41) is 4.53. The van der Waals surface area contributed by atoms with E-state index in [9.17, 15) is 9.59 Å². The van der Waals surface area contributed by atoms with E-state index in [2.05, 4.69) is 11.4 Å². The van der Waals surface area contributed by atoms with E-state index in [1.807, 2.05) is 45.0 Å². The van der Waals surface area contributed by atoms with Crippen molar-refractivity contribution in [2.24, 2.45) is 0 Å². The number of anilines is 1. The van der Waals surface area contributed by atoms with Crippen molar-refractivity contribution >= 4 is 39.3 Å². The summed E-state index contributed by atoms with van der Waals surface area (Å²) in [6.07, 6.45) is 1.73. The normalized spacial score (nSPS) is 11.2. The van der Waals surface area contributed by atoms with Gasteiger partial charge < -0.3 is 18.9 Å². The molecule has 0 atom stereocenters. The average Bonchev–Trinajstić information content (AvgIpc) is 3.41. The van der Waals surface area contributed by atoms with Gasteiger partial charge in [-0.3, -0.25) is 9.59 Å². The smallest absolute Gasteiger partial charge is 0.230 e. The zero-order valence-corrected chi connectivity index (χ0v) is 19.8. The Kier molecular flexibility index (Phi) is 5.87. The Bertz CT molecular complexity index is 1560. The van der Waals surface area contributed by atoms with Gasteiger partial charge in [0.1, 0.15) is 16.9 Å². The number of ether oxygens (including phenoxy) is 1. The Labute approximate surface area is 202 Å². The molecule has 176 valence electrons. The number of ketones is 1. The third kappa shape index (κ3) is 4.30. The minimum absolute atomic E-state index is 0.0903. The fraction of sp³-hybridized carbons (Fsp3) is 0.172. The van der Waals surface area contributed by atoms with Crippen molar-refractivity contribution in [3.63, 3.8) is 0 Å². The van der Waals surface area contributed by atoms with Gasteiger partial charge in [0.25, 0.3) is 0 Å². The number of furan rings is 2. The van der Waals surface area contributed by atoms with Crippen LogP contribution in [0.2, 0.25) is 0 Å². The number of hydrogen-bond donors (Lipinski definition) is 1. The maximum Gasteiger partial charge on any atom is 0.230 e. The van der Waals surface area contributed by atoms with Crippen LogP contribution in [-0.4, -0.2) is 18.3 Å². The summed E-state index contributed by atoms with van der Waals surface area (Å²) in [5.41, 5.74) is 5.03. The van der Waals surface area contributed by atoms with Crippen LogP contribution in [0, 0.1) is 13.8 Å². The number of nitrogens with one attached hydrogen (secondary N) is 1. The molecule has 0 bridgehead atoms. The molecule has 35 heavy (non-hydrogen) atoms. The molecule has 2 heterocycles. The van der Waals surface area contributed by atoms with E-state index in [4.69, 9.17) is 13.6 Å². The second kappa shape index (κ2) is 9.14. The van der Waals surface area contributed by atoms with Crippen LogP contribution in [0.5, 0.6) is 5.75 Å². The van der Waals surface area contributed by atoms with Gasteiger partial charge in [0.15, 0.2) is 5.76 Å². The number of amides is 1. The van der Waals surface area contributed by atoms with Crippen molar-refractivity contribution in [3.8, 4) is 5.75 Å². The molecule has 0 fully saturated rings. The van der Waals surface area contributed by atoms with E-state index in [0.717, 1.165) is 27.7 Å². The molecule has 0 aliphatic heterocycles. The number of benzene rings is 3. The molecule has 0 spiro atoms. The average molecular weight is 468 g/mol. The van der Waals surface area contributed by atoms with Crippen LogP contribution in [0.25, 0.3) is 21.9 Å². The minimum Gasteiger partial charge on any atom is -0.494 e. The fourth-order valence-corrected chi connectivity index (χ4v) is 4.44. The standard InChI is InChI=1S/C29H25NO5/c1-4-33-21-11-9-19(10-12-21)28(32)29-27(22-7-5-6-8-23(22)35-29)30-25(31)15-20-16-34-24-14-17(2)13-18(3)26(20)24/h5-14,16H,4,15H2,1-3H3,(H,30,31). The molecule has 0 radical (unpaired) electrons. The Morgan fingerprint density at radius 2 is 1.74 bits per heavy atom. The Balaban J connectivity index is 1.47. The van der Waals surface area contributed by atoms with E-state index in [-0.39, 0.29) is 23.9 Å². The van der Waals surface area contributed by atoms with Gasteiger partial charge in [-0.1, -0.05) is 18.2 Å². The monoisotopic (exact) mass is 467 g/mol. The summed E-state index contributed by atoms with van der Waals surface area (Å²) < 4.78 is 17.1. The molecule has 1 amide bonds. The molecule has 6 nitrogen and oxygen atoms in total. The van der Waals surface area contributed by atoms with Gasteiger partial charge in [0.05, 0.1) is 25.0 Å². The van der Waals surface area contributed by atoms with Crippen LogP contribution in [0.15, 0.2) is 75.8 Å². The molecule has 0 aliphatic carbocycles. The van der Waals surface area contributed by atoms with E-state index in [1.165, 1.54) is 0 Å². The minimum atomic E-state index is -0.320. The van der Waals surface area contributed by atoms with Crippen molar-refractivity contribution in [1.29, 1.82) is 0 Å². The first-order valence-electron chi connectivity index (χ1n) is 11.5. The highest BCUT2D eigenvalue weighted by Gasteiger charge is 2.24. The Morgan fingerprint density at radius 1 is 0.971 bits per heavy atom. The predicted molar refractivity (Wildman–Crippen MR) is 135 cm³/mol. The lowest BCUT2D eigenvalue weighted by Gasteiger charge is -2.07. The van der Waals surface area contributed by atoms with Gasteiger partial charge in [-0.05, 0) is 74.4 Å². The van der Waals surface area contributed by atoms with Crippen LogP contribution in [0.3, 0.4) is 0 Å². The Hall–Kier alpha value is -4.32. The van der Waals surface area contributed by atoms with Crippen LogP contribution < -0.4 is 10.1 Å². The third-order valence-electron chi connectivity index (χ3n) is 5.94. The largest absolute Gasteiger partial charge is 0.494 e. The lowest BCUT2D eigenvalue weighted by Crippen LogP contribution is -2.16. The zero-order valence-electron chi connectivity index (χ0n) is 19.8. The second-order valence-electron chi connectivity index (χ2n) is 8.53. The van der Waals surface area contributed by atoms with Crippen molar-refractivity contribution in [3.05, 3.63) is 94.9 Å². The first-order valence-corrected chi connectivity index (χ1v) is 11.5. The molecule has 0 unspecified atom stereocenters. The lowest BCUT2D eigenvalue weighted by atomic mass is 10.0. The molecule has 0 saturated carbocycles. The third-order valence-corrected chi connectivity index (χ3v) is 5.94. The van der Waals surface area contributed by atoms with E-state index < -0.39 is 0 Å². The molecule has 0 saturated heterocycles. The zero-order chi connectivity index (χ0) is 24.5. The quantitative estimate of drug-likeness (QED) is 0.273. The van der Waals surface area contributed by atoms with Gasteiger partial charge >= 0.3 is 0 Å². The summed E-state index contributed by atoms with van der Waals surface area (Å²) in [7, 11) is 0. The van der Waals surface area contributed by atoms with Gasteiger partial charge in [0, 0.05) is 21.9 Å². The number of fused-ring (bicyclic) bond motifs is 2. The predicted octanol–water partition coefficient (Wildman–Crippen LogP) is 6.61. The highest BCUT2D eigenvalue weighted by Crippen LogP contribution is 2.33. The van der Waals surface area contributed by atoms with Crippen molar-refractivity contribution in [2.75, 3.05) is 11.9 Å². The number of carbonyl (C=O) groups is 2. The molecule has 5 rings (SSSR count). The van der Waals surface area contributed by atoms with E-state index >= 15 is 0 Å². The number of aryl methyl sites for hydroxylation is 2. The maximum absolute atomic E-state index is 13.4. The molecule has 3 aromatic carbocycles. The van der Waals surface area contributed by atoms with Gasteiger partial charge in [-0.2, -0.15) is 0 Å². The topological polar surface area (TPSA) is 81.7 Å². The molecule has 1 N–H and O–H groups in total. The maximum atomic E-state index is 13.4. The van der Waals surface area contributed by atoms with Crippen LogP contribution in [0.1, 0.15) is 39.7 Å². The second-order valence-corrected chi connectivity index (χ2v) is 8.53. The first kappa shape index (κ1) is 22.5. The van der Waals surface area contributed by atoms with Gasteiger partial charge in [-0.15, -0.1) is 0 Å². The molecular weight excluding hydrogens is 442 g/mol. The van der Waals surface area contributed by atoms with Crippen molar-refractivity contribution < 1.29 is 23.2 Å². The molecule has 6 heteroatoms. The SMILES string of the molecule is CCOc1ccc(C(=O)c2oc3ccccc3c2NC(=O)Cc2coc3cc(C)cc(C)c23)cc1. The highest BCUT2D eigenvalue weighted by atomic mass is 16.5. The number of carbonyl (C=O) groups excluding carboxylic acids is 2. The summed E-state index contributed by atoms with van der Waals surface area (Å²) in [6.45, 7) is 6.45. The summed E-state index contributed by atoms with van der Waals surface area (Å²) >= 11 is 0. The van der Waals surface area contributed by atoms with Crippen molar-refractivity contribution in [2.45, 2.75) is 27.2 Å². The molecule has 5 aromatic rings. The number of hydrogen-bond acceptors (Lipinski definition) is 5. The van der Waals surface area contributed by atoms with Crippen molar-refractivity contribution in [1.82, 2.24) is 0 Å². The fourth-order valence-electron chi connectivity index (χ4n) is 4.44. The van der Waals surface area contributed by atoms with Crippen LogP contribution in [0.4, 0.5) is 5.69 Å². The lowest BCUT2D eigenvalue weighted by molar-refractivity contribution is -0.115. The van der Waals surface area contributed by atoms with Crippen LogP contribution in [-0.2, 0) is 11.2 Å². The van der Waals surface area contributed by atoms with E-state index in [0.29, 0.717) is 34.6 Å². The summed E-state index contributed by atoms with van der Waals surface area (Å²) in [6, 6.07) is 18.1. The van der Waals surface area contributed by atoms with Crippen LogP contribution >= 0.6 is 0 Å². The van der Waals surface area contributed by atoms with E-state index in [1.54, 1.807) is 36.6 Å². The Morgan fingerprint density at radius 3 is 2.51 bits per heavy atom.